The van der Waals surface area contributed by atoms with Crippen molar-refractivity contribution in [3.05, 3.63) is 34.5 Å². The van der Waals surface area contributed by atoms with Gasteiger partial charge in [0.15, 0.2) is 5.13 Å². The SMILES string of the molecule is CCC(=O)Nc1nc2c(s1)Cc1cc(F)ccc1-2. The zero-order valence-electron chi connectivity index (χ0n) is 9.79. The van der Waals surface area contributed by atoms with Crippen molar-refractivity contribution in [3.8, 4) is 11.3 Å². The highest BCUT2D eigenvalue weighted by molar-refractivity contribution is 7.16. The number of hydrogen-bond acceptors (Lipinski definition) is 3. The topological polar surface area (TPSA) is 42.0 Å². The molecule has 92 valence electrons. The summed E-state index contributed by atoms with van der Waals surface area (Å²) in [5, 5.41) is 3.38. The fourth-order valence-electron chi connectivity index (χ4n) is 2.06. The molecule has 5 heteroatoms. The number of thiazole rings is 1. The minimum absolute atomic E-state index is 0.0400. The lowest BCUT2D eigenvalue weighted by molar-refractivity contribution is -0.115. The summed E-state index contributed by atoms with van der Waals surface area (Å²) in [7, 11) is 0. The van der Waals surface area contributed by atoms with Crippen LogP contribution in [0.1, 0.15) is 23.8 Å². The summed E-state index contributed by atoms with van der Waals surface area (Å²) in [6, 6.07) is 4.74. The van der Waals surface area contributed by atoms with E-state index in [1.165, 1.54) is 17.4 Å². The average Bonchev–Trinajstić information content (AvgIpc) is 2.84. The Bertz CT molecular complexity index is 636. The molecule has 1 aliphatic carbocycles. The van der Waals surface area contributed by atoms with Crippen LogP contribution in [0.3, 0.4) is 0 Å². The van der Waals surface area contributed by atoms with Crippen molar-refractivity contribution in [2.75, 3.05) is 5.32 Å². The first kappa shape index (κ1) is 11.3. The van der Waals surface area contributed by atoms with Gasteiger partial charge in [0.25, 0.3) is 0 Å². The average molecular weight is 262 g/mol. The Labute approximate surface area is 108 Å². The zero-order chi connectivity index (χ0) is 12.7. The summed E-state index contributed by atoms with van der Waals surface area (Å²) in [4.78, 5) is 16.8. The predicted octanol–water partition coefficient (Wildman–Crippen LogP) is 3.20. The molecule has 2 aromatic rings. The molecular formula is C13H11FN2OS. The van der Waals surface area contributed by atoms with Crippen LogP contribution in [0.25, 0.3) is 11.3 Å². The third-order valence-corrected chi connectivity index (χ3v) is 3.91. The molecule has 3 nitrogen and oxygen atoms in total. The molecule has 0 atom stereocenters. The summed E-state index contributed by atoms with van der Waals surface area (Å²) in [5.41, 5.74) is 2.82. The number of amides is 1. The molecule has 1 aliphatic rings. The van der Waals surface area contributed by atoms with Crippen LogP contribution in [0, 0.1) is 5.82 Å². The first-order valence-electron chi connectivity index (χ1n) is 5.75. The van der Waals surface area contributed by atoms with E-state index >= 15 is 0 Å². The van der Waals surface area contributed by atoms with Crippen LogP contribution in [0.15, 0.2) is 18.2 Å². The van der Waals surface area contributed by atoms with Gasteiger partial charge in [-0.05, 0) is 23.8 Å². The molecule has 1 heterocycles. The first-order valence-corrected chi connectivity index (χ1v) is 6.57. The normalized spacial score (nSPS) is 12.1. The highest BCUT2D eigenvalue weighted by atomic mass is 32.1. The molecule has 0 fully saturated rings. The van der Waals surface area contributed by atoms with E-state index < -0.39 is 0 Å². The standard InChI is InChI=1S/C13H11FN2OS/c1-2-11(17)15-13-16-12-9-4-3-8(14)5-7(9)6-10(12)18-13/h3-5H,2,6H2,1H3,(H,15,16,17). The second-order valence-corrected chi connectivity index (χ2v) is 5.25. The number of carbonyl (C=O) groups excluding carboxylic acids is 1. The van der Waals surface area contributed by atoms with Gasteiger partial charge in [0, 0.05) is 23.3 Å². The molecule has 0 unspecified atom stereocenters. The van der Waals surface area contributed by atoms with E-state index in [9.17, 15) is 9.18 Å². The summed E-state index contributed by atoms with van der Waals surface area (Å²) in [6.45, 7) is 1.80. The number of hydrogen-bond donors (Lipinski definition) is 1. The summed E-state index contributed by atoms with van der Waals surface area (Å²) < 4.78 is 13.1. The van der Waals surface area contributed by atoms with Crippen LogP contribution in [0.5, 0.6) is 0 Å². The Kier molecular flexibility index (Phi) is 2.63. The molecule has 1 aromatic carbocycles. The summed E-state index contributed by atoms with van der Waals surface area (Å²) in [6.07, 6.45) is 1.13. The molecule has 0 saturated heterocycles. The maximum atomic E-state index is 13.1. The first-order chi connectivity index (χ1) is 8.67. The molecule has 1 aromatic heterocycles. The van der Waals surface area contributed by atoms with Gasteiger partial charge < -0.3 is 5.32 Å². The van der Waals surface area contributed by atoms with E-state index in [0.29, 0.717) is 18.0 Å². The van der Waals surface area contributed by atoms with Gasteiger partial charge in [0.2, 0.25) is 5.91 Å². The van der Waals surface area contributed by atoms with Crippen LogP contribution in [0.4, 0.5) is 9.52 Å². The van der Waals surface area contributed by atoms with E-state index in [1.807, 2.05) is 0 Å². The number of rotatable bonds is 2. The van der Waals surface area contributed by atoms with E-state index in [0.717, 1.165) is 21.7 Å². The van der Waals surface area contributed by atoms with E-state index in [1.54, 1.807) is 19.1 Å². The number of halogens is 1. The summed E-state index contributed by atoms with van der Waals surface area (Å²) in [5.74, 6) is -0.259. The molecule has 0 saturated carbocycles. The number of nitrogens with zero attached hydrogens (tertiary/aromatic N) is 1. The molecular weight excluding hydrogens is 251 g/mol. The van der Waals surface area contributed by atoms with Gasteiger partial charge >= 0.3 is 0 Å². The molecule has 1 amide bonds. The lowest BCUT2D eigenvalue weighted by Gasteiger charge is -2.00. The maximum absolute atomic E-state index is 13.1. The molecule has 18 heavy (non-hydrogen) atoms. The molecule has 0 spiro atoms. The number of aromatic nitrogens is 1. The van der Waals surface area contributed by atoms with Crippen molar-refractivity contribution < 1.29 is 9.18 Å². The smallest absolute Gasteiger partial charge is 0.225 e. The Morgan fingerprint density at radius 1 is 1.56 bits per heavy atom. The minimum atomic E-state index is -0.219. The quantitative estimate of drug-likeness (QED) is 0.770. The largest absolute Gasteiger partial charge is 0.302 e. The van der Waals surface area contributed by atoms with Crippen molar-refractivity contribution in [1.82, 2.24) is 4.98 Å². The third kappa shape index (κ3) is 1.80. The van der Waals surface area contributed by atoms with E-state index in [2.05, 4.69) is 10.3 Å². The molecule has 3 rings (SSSR count). The maximum Gasteiger partial charge on any atom is 0.225 e. The fourth-order valence-corrected chi connectivity index (χ4v) is 3.07. The number of nitrogens with one attached hydrogen (secondary N) is 1. The fraction of sp³-hybridized carbons (Fsp3) is 0.231. The molecule has 0 aliphatic heterocycles. The van der Waals surface area contributed by atoms with Crippen LogP contribution in [-0.2, 0) is 11.2 Å². The lowest BCUT2D eigenvalue weighted by Crippen LogP contribution is -2.08. The van der Waals surface area contributed by atoms with Crippen molar-refractivity contribution in [2.45, 2.75) is 19.8 Å². The Balaban J connectivity index is 1.95. The molecule has 0 bridgehead atoms. The highest BCUT2D eigenvalue weighted by Gasteiger charge is 2.24. The minimum Gasteiger partial charge on any atom is -0.302 e. The monoisotopic (exact) mass is 262 g/mol. The highest BCUT2D eigenvalue weighted by Crippen LogP contribution is 2.41. The van der Waals surface area contributed by atoms with Crippen LogP contribution in [0.2, 0.25) is 0 Å². The molecule has 0 radical (unpaired) electrons. The number of anilines is 1. The van der Waals surface area contributed by atoms with Gasteiger partial charge in [-0.3, -0.25) is 4.79 Å². The number of fused-ring (bicyclic) bond motifs is 3. The third-order valence-electron chi connectivity index (χ3n) is 2.94. The van der Waals surface area contributed by atoms with Crippen molar-refractivity contribution in [2.24, 2.45) is 0 Å². The van der Waals surface area contributed by atoms with E-state index in [4.69, 9.17) is 0 Å². The van der Waals surface area contributed by atoms with E-state index in [-0.39, 0.29) is 11.7 Å². The van der Waals surface area contributed by atoms with Crippen LogP contribution < -0.4 is 5.32 Å². The van der Waals surface area contributed by atoms with Gasteiger partial charge in [0.05, 0.1) is 5.69 Å². The van der Waals surface area contributed by atoms with Crippen molar-refractivity contribution in [3.63, 3.8) is 0 Å². The number of carbonyl (C=O) groups is 1. The number of benzene rings is 1. The summed E-state index contributed by atoms with van der Waals surface area (Å²) >= 11 is 1.46. The Morgan fingerprint density at radius 2 is 2.39 bits per heavy atom. The van der Waals surface area contributed by atoms with Gasteiger partial charge in [-0.1, -0.05) is 6.92 Å². The van der Waals surface area contributed by atoms with Gasteiger partial charge in [-0.2, -0.15) is 0 Å². The Hall–Kier alpha value is -1.75. The van der Waals surface area contributed by atoms with Gasteiger partial charge in [-0.15, -0.1) is 11.3 Å². The lowest BCUT2D eigenvalue weighted by atomic mass is 10.1. The Morgan fingerprint density at radius 3 is 3.17 bits per heavy atom. The molecule has 1 N–H and O–H groups in total. The predicted molar refractivity (Wildman–Crippen MR) is 69.2 cm³/mol. The second-order valence-electron chi connectivity index (χ2n) is 4.17. The van der Waals surface area contributed by atoms with Crippen LogP contribution in [-0.4, -0.2) is 10.9 Å². The zero-order valence-corrected chi connectivity index (χ0v) is 10.6. The second kappa shape index (κ2) is 4.17. The van der Waals surface area contributed by atoms with Gasteiger partial charge in [0.1, 0.15) is 5.82 Å². The van der Waals surface area contributed by atoms with Crippen LogP contribution >= 0.6 is 11.3 Å². The van der Waals surface area contributed by atoms with Crippen molar-refractivity contribution >= 4 is 22.4 Å². The van der Waals surface area contributed by atoms with Crippen molar-refractivity contribution in [1.29, 1.82) is 0 Å². The van der Waals surface area contributed by atoms with Gasteiger partial charge in [-0.25, -0.2) is 9.37 Å².